The van der Waals surface area contributed by atoms with Gasteiger partial charge in [0, 0.05) is 17.6 Å². The summed E-state index contributed by atoms with van der Waals surface area (Å²) in [6, 6.07) is 17.3. The van der Waals surface area contributed by atoms with Crippen LogP contribution < -0.4 is 10.1 Å². The first-order valence-electron chi connectivity index (χ1n) is 8.00. The highest BCUT2D eigenvalue weighted by atomic mass is 32.2. The highest BCUT2D eigenvalue weighted by Crippen LogP contribution is 2.30. The number of hydrogen-bond acceptors (Lipinski definition) is 5. The molecule has 0 radical (unpaired) electrons. The Hall–Kier alpha value is -3.12. The summed E-state index contributed by atoms with van der Waals surface area (Å²) < 4.78 is 5.22. The second-order valence-corrected chi connectivity index (χ2v) is 6.66. The number of pyridine rings is 1. The molecule has 1 aromatic heterocycles. The number of ether oxygens (including phenoxy) is 1. The number of amidine groups is 1. The fourth-order valence-corrected chi connectivity index (χ4v) is 3.39. The predicted octanol–water partition coefficient (Wildman–Crippen LogP) is 4.77. The molecule has 2 aromatic carbocycles. The van der Waals surface area contributed by atoms with Gasteiger partial charge in [-0.1, -0.05) is 18.2 Å². The lowest BCUT2D eigenvalue weighted by atomic mass is 10.1. The van der Waals surface area contributed by atoms with Gasteiger partial charge >= 0.3 is 0 Å². The van der Waals surface area contributed by atoms with E-state index in [0.29, 0.717) is 5.84 Å². The summed E-state index contributed by atoms with van der Waals surface area (Å²) in [4.78, 5) is 21.5. The quantitative estimate of drug-likeness (QED) is 0.730. The summed E-state index contributed by atoms with van der Waals surface area (Å²) in [6.45, 7) is 0. The monoisotopic (exact) mass is 361 g/mol. The first-order chi connectivity index (χ1) is 12.7. The van der Waals surface area contributed by atoms with Crippen molar-refractivity contribution in [2.24, 2.45) is 4.99 Å². The van der Waals surface area contributed by atoms with Crippen LogP contribution in [0.3, 0.4) is 0 Å². The van der Waals surface area contributed by atoms with E-state index < -0.39 is 0 Å². The summed E-state index contributed by atoms with van der Waals surface area (Å²) in [5.41, 5.74) is 2.65. The number of rotatable bonds is 3. The molecule has 0 atom stereocenters. The average Bonchev–Trinajstić information content (AvgIpc) is 3.00. The predicted molar refractivity (Wildman–Crippen MR) is 106 cm³/mol. The number of aliphatic imine (C=N–C) groups is 1. The maximum Gasteiger partial charge on any atom is 0.289 e. The molecule has 1 amide bonds. The van der Waals surface area contributed by atoms with E-state index in [4.69, 9.17) is 4.74 Å². The zero-order valence-corrected chi connectivity index (χ0v) is 14.8. The summed E-state index contributed by atoms with van der Waals surface area (Å²) >= 11 is 1.14. The molecule has 2 heterocycles. The van der Waals surface area contributed by atoms with Crippen molar-refractivity contribution < 1.29 is 9.53 Å². The van der Waals surface area contributed by atoms with Crippen LogP contribution in [0, 0.1) is 0 Å². The zero-order valence-electron chi connectivity index (χ0n) is 14.0. The van der Waals surface area contributed by atoms with E-state index in [1.165, 1.54) is 0 Å². The molecule has 4 rings (SSSR count). The molecule has 1 aliphatic rings. The van der Waals surface area contributed by atoms with E-state index >= 15 is 0 Å². The van der Waals surface area contributed by atoms with Crippen LogP contribution in [0.15, 0.2) is 70.7 Å². The Morgan fingerprint density at radius 2 is 2.08 bits per heavy atom. The van der Waals surface area contributed by atoms with E-state index in [-0.39, 0.29) is 5.24 Å². The normalized spacial score (nSPS) is 17.0. The topological polar surface area (TPSA) is 63.6 Å². The van der Waals surface area contributed by atoms with Crippen molar-refractivity contribution in [2.75, 3.05) is 7.11 Å². The number of nitrogens with one attached hydrogen (secondary N) is 1. The van der Waals surface area contributed by atoms with Gasteiger partial charge in [-0.3, -0.25) is 9.78 Å². The number of fused-ring (bicyclic) bond motifs is 1. The van der Waals surface area contributed by atoms with Crippen LogP contribution in [0.25, 0.3) is 17.0 Å². The molecule has 0 saturated carbocycles. The molecule has 0 unspecified atom stereocenters. The highest BCUT2D eigenvalue weighted by Gasteiger charge is 2.23. The van der Waals surface area contributed by atoms with Crippen LogP contribution in [-0.2, 0) is 0 Å². The smallest absolute Gasteiger partial charge is 0.289 e. The molecule has 3 aromatic rings. The zero-order chi connectivity index (χ0) is 17.9. The number of carbonyl (C=O) groups is 1. The minimum Gasteiger partial charge on any atom is -0.497 e. The Balaban J connectivity index is 1.71. The molecule has 0 bridgehead atoms. The number of amides is 1. The van der Waals surface area contributed by atoms with E-state index in [1.807, 2.05) is 60.7 Å². The van der Waals surface area contributed by atoms with E-state index in [0.717, 1.165) is 44.6 Å². The molecule has 5 nitrogen and oxygen atoms in total. The molecule has 1 N–H and O–H groups in total. The Morgan fingerprint density at radius 3 is 2.96 bits per heavy atom. The first-order valence-corrected chi connectivity index (χ1v) is 8.81. The number of carbonyl (C=O) groups excluding carboxylic acids is 1. The third kappa shape index (κ3) is 3.45. The minimum absolute atomic E-state index is 0.139. The lowest BCUT2D eigenvalue weighted by Crippen LogP contribution is -2.18. The summed E-state index contributed by atoms with van der Waals surface area (Å²) in [5.74, 6) is 1.26. The van der Waals surface area contributed by atoms with Gasteiger partial charge in [-0.2, -0.15) is 0 Å². The Bertz CT molecular complexity index is 1060. The van der Waals surface area contributed by atoms with Crippen molar-refractivity contribution in [3.05, 3.63) is 71.3 Å². The molecular weight excluding hydrogens is 346 g/mol. The van der Waals surface area contributed by atoms with E-state index in [2.05, 4.69) is 15.3 Å². The van der Waals surface area contributed by atoms with Crippen LogP contribution in [-0.4, -0.2) is 23.2 Å². The lowest BCUT2D eigenvalue weighted by Gasteiger charge is -2.03. The number of thioether (sulfide) groups is 1. The summed E-state index contributed by atoms with van der Waals surface area (Å²) in [7, 11) is 1.61. The lowest BCUT2D eigenvalue weighted by molar-refractivity contribution is 0.265. The largest absolute Gasteiger partial charge is 0.497 e. The van der Waals surface area contributed by atoms with Crippen molar-refractivity contribution in [1.82, 2.24) is 10.3 Å². The van der Waals surface area contributed by atoms with Crippen molar-refractivity contribution in [1.29, 1.82) is 0 Å². The molecule has 0 aliphatic carbocycles. The molecule has 0 spiro atoms. The average molecular weight is 361 g/mol. The molecule has 128 valence electrons. The Morgan fingerprint density at radius 1 is 1.15 bits per heavy atom. The standard InChI is InChI=1S/C20H15N3O2S/c1-25-16-6-2-5-15(12-16)22-19-18(26-20(24)23-19)11-13-7-8-17-14(10-13)4-3-9-21-17/h2-12H,1H3,(H,22,23,24). The summed E-state index contributed by atoms with van der Waals surface area (Å²) in [5, 5.41) is 3.71. The second-order valence-electron chi connectivity index (χ2n) is 5.64. The number of nitrogens with zero attached hydrogens (tertiary/aromatic N) is 2. The maximum atomic E-state index is 11.9. The minimum atomic E-state index is -0.139. The van der Waals surface area contributed by atoms with Crippen molar-refractivity contribution >= 4 is 45.5 Å². The third-order valence-electron chi connectivity index (χ3n) is 3.88. The molecule has 6 heteroatoms. The van der Waals surface area contributed by atoms with Gasteiger partial charge in [0.1, 0.15) is 11.6 Å². The van der Waals surface area contributed by atoms with Gasteiger partial charge in [0.25, 0.3) is 5.24 Å². The van der Waals surface area contributed by atoms with Crippen molar-refractivity contribution in [2.45, 2.75) is 0 Å². The molecule has 1 aliphatic heterocycles. The highest BCUT2D eigenvalue weighted by molar-refractivity contribution is 8.18. The fourth-order valence-electron chi connectivity index (χ4n) is 2.66. The van der Waals surface area contributed by atoms with Crippen LogP contribution in [0.4, 0.5) is 10.5 Å². The van der Waals surface area contributed by atoms with Crippen LogP contribution in [0.2, 0.25) is 0 Å². The van der Waals surface area contributed by atoms with E-state index in [1.54, 1.807) is 13.3 Å². The van der Waals surface area contributed by atoms with Gasteiger partial charge in [0.2, 0.25) is 0 Å². The van der Waals surface area contributed by atoms with Gasteiger partial charge in [0.05, 0.1) is 23.2 Å². The van der Waals surface area contributed by atoms with Crippen molar-refractivity contribution in [3.8, 4) is 5.75 Å². The van der Waals surface area contributed by atoms with E-state index in [9.17, 15) is 4.79 Å². The number of aromatic nitrogens is 1. The SMILES string of the molecule is COc1cccc(N=C2NC(=O)SC2=Cc2ccc3ncccc3c2)c1. The van der Waals surface area contributed by atoms with Crippen LogP contribution in [0.5, 0.6) is 5.75 Å². The number of hydrogen-bond donors (Lipinski definition) is 1. The van der Waals surface area contributed by atoms with Gasteiger partial charge in [-0.15, -0.1) is 0 Å². The maximum absolute atomic E-state index is 11.9. The molecule has 26 heavy (non-hydrogen) atoms. The van der Waals surface area contributed by atoms with Crippen LogP contribution in [0.1, 0.15) is 5.56 Å². The molecular formula is C20H15N3O2S. The Labute approximate surface area is 154 Å². The Kier molecular flexibility index (Phi) is 4.41. The van der Waals surface area contributed by atoms with Gasteiger partial charge in [0.15, 0.2) is 0 Å². The second kappa shape index (κ2) is 7.01. The summed E-state index contributed by atoms with van der Waals surface area (Å²) in [6.07, 6.45) is 3.72. The van der Waals surface area contributed by atoms with Gasteiger partial charge < -0.3 is 10.1 Å². The fraction of sp³-hybridized carbons (Fsp3) is 0.0500. The number of methoxy groups -OCH3 is 1. The number of benzene rings is 2. The molecule has 1 fully saturated rings. The molecule has 1 saturated heterocycles. The third-order valence-corrected chi connectivity index (χ3v) is 4.69. The van der Waals surface area contributed by atoms with Crippen molar-refractivity contribution in [3.63, 3.8) is 0 Å². The first kappa shape index (κ1) is 16.4. The van der Waals surface area contributed by atoms with Crippen LogP contribution >= 0.6 is 11.8 Å². The van der Waals surface area contributed by atoms with Gasteiger partial charge in [-0.05, 0) is 53.7 Å². The van der Waals surface area contributed by atoms with Gasteiger partial charge in [-0.25, -0.2) is 4.99 Å².